The number of carbonyl (C=O) groups excluding carboxylic acids is 1. The number of benzene rings is 1. The lowest BCUT2D eigenvalue weighted by Gasteiger charge is -2.62. The van der Waals surface area contributed by atoms with Crippen LogP contribution in [0.2, 0.25) is 0 Å². The molecule has 0 radical (unpaired) electrons. The Morgan fingerprint density at radius 2 is 2.03 bits per heavy atom. The topological polar surface area (TPSA) is 66.4 Å². The molecule has 3 saturated carbocycles. The van der Waals surface area contributed by atoms with E-state index in [0.29, 0.717) is 29.6 Å². The highest BCUT2D eigenvalue weighted by Crippen LogP contribution is 2.62. The number of thiophene rings is 1. The van der Waals surface area contributed by atoms with E-state index in [9.17, 15) is 9.59 Å². The van der Waals surface area contributed by atoms with Crippen LogP contribution in [-0.2, 0) is 4.79 Å². The van der Waals surface area contributed by atoms with Gasteiger partial charge in [-0.1, -0.05) is 44.2 Å². The summed E-state index contributed by atoms with van der Waals surface area (Å²) in [4.78, 5) is 23.8. The summed E-state index contributed by atoms with van der Waals surface area (Å²) in [5.74, 6) is 1.07. The van der Waals surface area contributed by atoms with Crippen molar-refractivity contribution in [3.8, 4) is 0 Å². The Labute approximate surface area is 182 Å². The third-order valence-corrected chi connectivity index (χ3v) is 8.46. The van der Waals surface area contributed by atoms with Gasteiger partial charge in [0.05, 0.1) is 5.56 Å². The van der Waals surface area contributed by atoms with E-state index in [2.05, 4.69) is 37.4 Å². The highest BCUT2D eigenvalue weighted by atomic mass is 32.1. The number of hydrogen-bond acceptors (Lipinski definition) is 3. The Morgan fingerprint density at radius 1 is 1.23 bits per heavy atom. The van der Waals surface area contributed by atoms with Crippen molar-refractivity contribution in [2.75, 3.05) is 0 Å². The highest BCUT2D eigenvalue weighted by molar-refractivity contribution is 7.17. The van der Waals surface area contributed by atoms with E-state index in [-0.39, 0.29) is 18.4 Å². The zero-order valence-electron chi connectivity index (χ0n) is 17.8. The number of fused-ring (bicyclic) bond motifs is 3. The summed E-state index contributed by atoms with van der Waals surface area (Å²) in [5, 5.41) is 15.2. The first-order valence-electron chi connectivity index (χ1n) is 11.0. The fourth-order valence-corrected chi connectivity index (χ4v) is 6.52. The van der Waals surface area contributed by atoms with E-state index in [1.165, 1.54) is 6.42 Å². The second-order valence-electron chi connectivity index (χ2n) is 9.48. The molecule has 30 heavy (non-hydrogen) atoms. The number of allylic oxidation sites excluding steroid dienone is 2. The first-order valence-corrected chi connectivity index (χ1v) is 11.9. The minimum atomic E-state index is -0.735. The Morgan fingerprint density at radius 3 is 2.80 bits per heavy atom. The van der Waals surface area contributed by atoms with Gasteiger partial charge in [-0.3, -0.25) is 9.59 Å². The van der Waals surface area contributed by atoms with Gasteiger partial charge in [-0.15, -0.1) is 11.3 Å². The first kappa shape index (κ1) is 21.1. The van der Waals surface area contributed by atoms with Gasteiger partial charge in [0, 0.05) is 27.9 Å². The number of amides is 1. The average Bonchev–Trinajstić information content (AvgIpc) is 3.15. The normalized spacial score (nSPS) is 27.1. The molecule has 3 aliphatic carbocycles. The van der Waals surface area contributed by atoms with Crippen molar-refractivity contribution in [1.82, 2.24) is 5.32 Å². The molecule has 4 atom stereocenters. The van der Waals surface area contributed by atoms with Gasteiger partial charge >= 0.3 is 5.97 Å². The number of carboxylic acids is 1. The van der Waals surface area contributed by atoms with Gasteiger partial charge in [0.25, 0.3) is 5.91 Å². The van der Waals surface area contributed by atoms with Crippen LogP contribution in [0.1, 0.15) is 62.7 Å². The summed E-state index contributed by atoms with van der Waals surface area (Å²) in [6.07, 6.45) is 9.29. The molecule has 5 rings (SSSR count). The molecule has 0 saturated heterocycles. The van der Waals surface area contributed by atoms with Crippen LogP contribution in [0.15, 0.2) is 41.8 Å². The molecule has 1 amide bonds. The van der Waals surface area contributed by atoms with Crippen molar-refractivity contribution >= 4 is 33.3 Å². The van der Waals surface area contributed by atoms with Crippen molar-refractivity contribution in [3.05, 3.63) is 47.4 Å². The van der Waals surface area contributed by atoms with E-state index in [1.807, 2.05) is 23.6 Å². The van der Waals surface area contributed by atoms with Crippen LogP contribution in [0, 0.1) is 23.2 Å². The standard InChI is InChI=1S/C25H31NO3S/c1-25(2)16-13-20(25)18(10-5-3-4-6-12-23(27)28)21(14-16)26-24(29)19-15-30-22-11-8-7-9-17(19)22/h3,5,7-9,11,15-16,18,20-21H,4,6,10,12-14H2,1-2H3,(H,26,29)(H,27,28)/b5-3-/t16-,18-,20+,21+/m1/s1. The lowest BCUT2D eigenvalue weighted by Crippen LogP contribution is -2.61. The number of unbranched alkanes of at least 4 members (excludes halogenated alkanes) is 1. The summed E-state index contributed by atoms with van der Waals surface area (Å²) in [7, 11) is 0. The number of rotatable bonds is 8. The molecule has 2 bridgehead atoms. The summed E-state index contributed by atoms with van der Waals surface area (Å²) in [6.45, 7) is 4.75. The summed E-state index contributed by atoms with van der Waals surface area (Å²) < 4.78 is 1.15. The van der Waals surface area contributed by atoms with Crippen molar-refractivity contribution in [3.63, 3.8) is 0 Å². The molecular formula is C25H31NO3S. The second-order valence-corrected chi connectivity index (χ2v) is 10.4. The fourth-order valence-electron chi connectivity index (χ4n) is 5.58. The van der Waals surface area contributed by atoms with Gasteiger partial charge in [-0.05, 0) is 61.3 Å². The Bertz CT molecular complexity index is 960. The minimum absolute atomic E-state index is 0.0481. The van der Waals surface area contributed by atoms with E-state index in [0.717, 1.165) is 34.9 Å². The molecule has 3 fully saturated rings. The van der Waals surface area contributed by atoms with E-state index >= 15 is 0 Å². The monoisotopic (exact) mass is 425 g/mol. The molecule has 160 valence electrons. The second kappa shape index (κ2) is 8.54. The highest BCUT2D eigenvalue weighted by Gasteiger charge is 2.57. The molecule has 2 aromatic rings. The zero-order chi connectivity index (χ0) is 21.3. The van der Waals surface area contributed by atoms with E-state index < -0.39 is 5.97 Å². The van der Waals surface area contributed by atoms with Crippen molar-refractivity contribution in [2.45, 2.75) is 58.4 Å². The van der Waals surface area contributed by atoms with Crippen molar-refractivity contribution in [1.29, 1.82) is 0 Å². The summed E-state index contributed by atoms with van der Waals surface area (Å²) in [5.41, 5.74) is 1.13. The third-order valence-electron chi connectivity index (χ3n) is 7.50. The lowest BCUT2D eigenvalue weighted by molar-refractivity contribution is -0.137. The predicted molar refractivity (Wildman–Crippen MR) is 122 cm³/mol. The van der Waals surface area contributed by atoms with Crippen LogP contribution in [0.5, 0.6) is 0 Å². The molecule has 0 aliphatic heterocycles. The predicted octanol–water partition coefficient (Wildman–Crippen LogP) is 5.88. The molecule has 4 nitrogen and oxygen atoms in total. The van der Waals surface area contributed by atoms with Crippen molar-refractivity contribution < 1.29 is 14.7 Å². The summed E-state index contributed by atoms with van der Waals surface area (Å²) >= 11 is 1.62. The molecule has 0 spiro atoms. The van der Waals surface area contributed by atoms with Gasteiger partial charge in [-0.25, -0.2) is 0 Å². The largest absolute Gasteiger partial charge is 0.481 e. The van der Waals surface area contributed by atoms with Crippen LogP contribution >= 0.6 is 11.3 Å². The van der Waals surface area contributed by atoms with Crippen LogP contribution in [0.25, 0.3) is 10.1 Å². The molecule has 3 aliphatic rings. The third kappa shape index (κ3) is 4.04. The number of nitrogens with one attached hydrogen (secondary N) is 1. The first-order chi connectivity index (χ1) is 14.4. The van der Waals surface area contributed by atoms with Gasteiger partial charge < -0.3 is 10.4 Å². The molecule has 1 aromatic heterocycles. The van der Waals surface area contributed by atoms with Gasteiger partial charge in [0.2, 0.25) is 0 Å². The van der Waals surface area contributed by atoms with Gasteiger partial charge in [0.1, 0.15) is 0 Å². The number of carboxylic acid groups (broad SMARTS) is 1. The Hall–Kier alpha value is -2.14. The maximum absolute atomic E-state index is 13.1. The fraction of sp³-hybridized carbons (Fsp3) is 0.520. The Kier molecular flexibility index (Phi) is 6.01. The smallest absolute Gasteiger partial charge is 0.303 e. The minimum Gasteiger partial charge on any atom is -0.481 e. The average molecular weight is 426 g/mol. The molecule has 0 unspecified atom stereocenters. The lowest BCUT2D eigenvalue weighted by atomic mass is 9.44. The van der Waals surface area contributed by atoms with Crippen LogP contribution < -0.4 is 5.32 Å². The molecule has 5 heteroatoms. The van der Waals surface area contributed by atoms with Gasteiger partial charge in [-0.2, -0.15) is 0 Å². The van der Waals surface area contributed by atoms with Crippen molar-refractivity contribution in [2.24, 2.45) is 23.2 Å². The maximum atomic E-state index is 13.1. The Balaban J connectivity index is 1.43. The number of carbonyl (C=O) groups is 2. The maximum Gasteiger partial charge on any atom is 0.303 e. The number of hydrogen-bond donors (Lipinski definition) is 2. The SMILES string of the molecule is CC1(C)[C@H]2C[C@H](NC(=O)c3csc4ccccc34)[C@H](C/C=C\CCCC(=O)O)[C@@H]1C2. The number of aliphatic carboxylic acids is 1. The molecule has 1 aromatic carbocycles. The van der Waals surface area contributed by atoms with E-state index in [1.54, 1.807) is 11.3 Å². The van der Waals surface area contributed by atoms with Crippen LogP contribution in [0.3, 0.4) is 0 Å². The van der Waals surface area contributed by atoms with Gasteiger partial charge in [0.15, 0.2) is 0 Å². The van der Waals surface area contributed by atoms with Crippen LogP contribution in [0.4, 0.5) is 0 Å². The quantitative estimate of drug-likeness (QED) is 0.410. The zero-order valence-corrected chi connectivity index (χ0v) is 18.6. The molecule has 1 heterocycles. The summed E-state index contributed by atoms with van der Waals surface area (Å²) in [6, 6.07) is 8.29. The van der Waals surface area contributed by atoms with Crippen LogP contribution in [-0.4, -0.2) is 23.0 Å². The van der Waals surface area contributed by atoms with E-state index in [4.69, 9.17) is 5.11 Å². The molecule has 2 N–H and O–H groups in total. The molecular weight excluding hydrogens is 394 g/mol.